The van der Waals surface area contributed by atoms with E-state index in [9.17, 15) is 13.2 Å². The van der Waals surface area contributed by atoms with E-state index in [2.05, 4.69) is 5.32 Å². The van der Waals surface area contributed by atoms with Crippen molar-refractivity contribution < 1.29 is 13.2 Å². The summed E-state index contributed by atoms with van der Waals surface area (Å²) in [5.74, 6) is -1.48. The summed E-state index contributed by atoms with van der Waals surface area (Å²) in [6.07, 6.45) is 0.122. The fourth-order valence-electron chi connectivity index (χ4n) is 2.07. The van der Waals surface area contributed by atoms with Crippen LogP contribution < -0.4 is 5.32 Å². The molecule has 2 aromatic carbocycles. The van der Waals surface area contributed by atoms with E-state index in [1.54, 1.807) is 7.05 Å². The van der Waals surface area contributed by atoms with Gasteiger partial charge in [-0.2, -0.15) is 0 Å². The van der Waals surface area contributed by atoms with E-state index >= 15 is 0 Å². The lowest BCUT2D eigenvalue weighted by Gasteiger charge is -2.18. The molecule has 0 heterocycles. The molecule has 0 saturated heterocycles. The standard InChI is InChI=1S/C15H13ClF3N/c1-20-15(12-8-10(16)2-4-14(12)19)7-9-6-11(17)3-5-13(9)18/h2-6,8,15,20H,7H2,1H3. The summed E-state index contributed by atoms with van der Waals surface area (Å²) >= 11 is 5.85. The van der Waals surface area contributed by atoms with Gasteiger partial charge in [0.05, 0.1) is 0 Å². The maximum Gasteiger partial charge on any atom is 0.128 e. The van der Waals surface area contributed by atoms with Crippen LogP contribution in [0.1, 0.15) is 17.2 Å². The highest BCUT2D eigenvalue weighted by atomic mass is 35.5. The van der Waals surface area contributed by atoms with E-state index in [1.807, 2.05) is 0 Å². The average Bonchev–Trinajstić information content (AvgIpc) is 2.42. The van der Waals surface area contributed by atoms with Crippen molar-refractivity contribution in [1.82, 2.24) is 5.32 Å². The van der Waals surface area contributed by atoms with Crippen LogP contribution in [-0.2, 0) is 6.42 Å². The zero-order valence-corrected chi connectivity index (χ0v) is 11.5. The van der Waals surface area contributed by atoms with Crippen LogP contribution in [-0.4, -0.2) is 7.05 Å². The second-order valence-electron chi connectivity index (χ2n) is 4.45. The zero-order chi connectivity index (χ0) is 14.7. The summed E-state index contributed by atoms with van der Waals surface area (Å²) in [6.45, 7) is 0. The van der Waals surface area contributed by atoms with Gasteiger partial charge in [0.25, 0.3) is 0 Å². The number of halogens is 4. The minimum absolute atomic E-state index is 0.122. The van der Waals surface area contributed by atoms with E-state index in [1.165, 1.54) is 18.2 Å². The summed E-state index contributed by atoms with van der Waals surface area (Å²) in [7, 11) is 1.63. The first-order chi connectivity index (χ1) is 9.51. The number of hydrogen-bond acceptors (Lipinski definition) is 1. The first-order valence-electron chi connectivity index (χ1n) is 6.07. The number of likely N-dealkylation sites (N-methyl/N-ethyl adjacent to an activating group) is 1. The molecule has 1 nitrogen and oxygen atoms in total. The SMILES string of the molecule is CNC(Cc1cc(F)ccc1F)c1cc(Cl)ccc1F. The molecule has 0 amide bonds. The molecule has 2 rings (SSSR count). The van der Waals surface area contributed by atoms with Crippen molar-refractivity contribution in [1.29, 1.82) is 0 Å². The third kappa shape index (κ3) is 3.32. The fourth-order valence-corrected chi connectivity index (χ4v) is 2.25. The molecule has 0 aliphatic rings. The van der Waals surface area contributed by atoms with Gasteiger partial charge in [0.2, 0.25) is 0 Å². The Morgan fingerprint density at radius 3 is 2.45 bits per heavy atom. The molecule has 0 spiro atoms. The molecule has 5 heteroatoms. The minimum Gasteiger partial charge on any atom is -0.313 e. The summed E-state index contributed by atoms with van der Waals surface area (Å²) in [5, 5.41) is 3.28. The van der Waals surface area contributed by atoms with Crippen LogP contribution in [0.4, 0.5) is 13.2 Å². The summed E-state index contributed by atoms with van der Waals surface area (Å²) < 4.78 is 40.6. The molecule has 0 aliphatic carbocycles. The molecule has 0 saturated carbocycles. The third-order valence-electron chi connectivity index (χ3n) is 3.11. The van der Waals surface area contributed by atoms with Crippen molar-refractivity contribution in [2.45, 2.75) is 12.5 Å². The quantitative estimate of drug-likeness (QED) is 0.889. The van der Waals surface area contributed by atoms with Gasteiger partial charge in [0, 0.05) is 16.6 Å². The second kappa shape index (κ2) is 6.29. The summed E-state index contributed by atoms with van der Waals surface area (Å²) in [5.41, 5.74) is 0.507. The number of nitrogens with one attached hydrogen (secondary N) is 1. The predicted octanol–water partition coefficient (Wildman–Crippen LogP) is 4.26. The lowest BCUT2D eigenvalue weighted by molar-refractivity contribution is 0.515. The maximum atomic E-state index is 13.8. The number of benzene rings is 2. The Bertz CT molecular complexity index is 616. The third-order valence-corrected chi connectivity index (χ3v) is 3.35. The Hall–Kier alpha value is -1.52. The van der Waals surface area contributed by atoms with E-state index in [-0.39, 0.29) is 12.0 Å². The van der Waals surface area contributed by atoms with Gasteiger partial charge in [-0.3, -0.25) is 0 Å². The summed E-state index contributed by atoms with van der Waals surface area (Å²) in [6, 6.07) is 6.90. The van der Waals surface area contributed by atoms with E-state index in [0.29, 0.717) is 10.6 Å². The van der Waals surface area contributed by atoms with Gasteiger partial charge in [-0.1, -0.05) is 11.6 Å². The lowest BCUT2D eigenvalue weighted by Crippen LogP contribution is -2.20. The fraction of sp³-hybridized carbons (Fsp3) is 0.200. The zero-order valence-electron chi connectivity index (χ0n) is 10.8. The monoisotopic (exact) mass is 299 g/mol. The molecule has 106 valence electrons. The molecule has 0 fully saturated rings. The summed E-state index contributed by atoms with van der Waals surface area (Å²) in [4.78, 5) is 0. The van der Waals surface area contributed by atoms with Gasteiger partial charge in [0.15, 0.2) is 0 Å². The van der Waals surface area contributed by atoms with Crippen molar-refractivity contribution in [3.63, 3.8) is 0 Å². The van der Waals surface area contributed by atoms with Gasteiger partial charge < -0.3 is 5.32 Å². The van der Waals surface area contributed by atoms with Crippen molar-refractivity contribution in [2.75, 3.05) is 7.05 Å². The Morgan fingerprint density at radius 2 is 1.75 bits per heavy atom. The van der Waals surface area contributed by atoms with Crippen LogP contribution in [0.2, 0.25) is 5.02 Å². The molecule has 1 atom stereocenters. The van der Waals surface area contributed by atoms with Crippen molar-refractivity contribution in [2.24, 2.45) is 0 Å². The molecule has 0 aliphatic heterocycles. The maximum absolute atomic E-state index is 13.8. The Kier molecular flexibility index (Phi) is 4.68. The topological polar surface area (TPSA) is 12.0 Å². The molecule has 2 aromatic rings. The lowest BCUT2D eigenvalue weighted by atomic mass is 9.98. The molecule has 0 aromatic heterocycles. The highest BCUT2D eigenvalue weighted by molar-refractivity contribution is 6.30. The number of hydrogen-bond donors (Lipinski definition) is 1. The molecular weight excluding hydrogens is 287 g/mol. The van der Waals surface area contributed by atoms with Crippen molar-refractivity contribution in [3.8, 4) is 0 Å². The molecule has 1 unspecified atom stereocenters. The van der Waals surface area contributed by atoms with E-state index in [0.717, 1.165) is 18.2 Å². The van der Waals surface area contributed by atoms with Gasteiger partial charge in [-0.15, -0.1) is 0 Å². The minimum atomic E-state index is -0.525. The Labute approximate surface area is 120 Å². The van der Waals surface area contributed by atoms with Gasteiger partial charge >= 0.3 is 0 Å². The Balaban J connectivity index is 2.33. The van der Waals surface area contributed by atoms with Crippen LogP contribution in [0, 0.1) is 17.5 Å². The molecule has 0 radical (unpaired) electrons. The van der Waals surface area contributed by atoms with Gasteiger partial charge in [-0.05, 0) is 55.4 Å². The van der Waals surface area contributed by atoms with Crippen LogP contribution in [0.5, 0.6) is 0 Å². The largest absolute Gasteiger partial charge is 0.313 e. The first kappa shape index (κ1) is 14.9. The van der Waals surface area contributed by atoms with Gasteiger partial charge in [-0.25, -0.2) is 13.2 Å². The highest BCUT2D eigenvalue weighted by Crippen LogP contribution is 2.25. The van der Waals surface area contributed by atoms with Crippen molar-refractivity contribution in [3.05, 3.63) is 70.0 Å². The van der Waals surface area contributed by atoms with Gasteiger partial charge in [0.1, 0.15) is 17.5 Å². The van der Waals surface area contributed by atoms with Crippen LogP contribution in [0.3, 0.4) is 0 Å². The van der Waals surface area contributed by atoms with Crippen LogP contribution in [0.15, 0.2) is 36.4 Å². The average molecular weight is 300 g/mol. The molecule has 1 N–H and O–H groups in total. The second-order valence-corrected chi connectivity index (χ2v) is 4.88. The smallest absolute Gasteiger partial charge is 0.128 e. The number of rotatable bonds is 4. The Morgan fingerprint density at radius 1 is 1.05 bits per heavy atom. The van der Waals surface area contributed by atoms with Crippen LogP contribution in [0.25, 0.3) is 0 Å². The normalized spacial score (nSPS) is 12.4. The molecule has 0 bridgehead atoms. The molecular formula is C15H13ClF3N. The van der Waals surface area contributed by atoms with E-state index < -0.39 is 23.5 Å². The first-order valence-corrected chi connectivity index (χ1v) is 6.45. The van der Waals surface area contributed by atoms with Crippen LogP contribution >= 0.6 is 11.6 Å². The highest BCUT2D eigenvalue weighted by Gasteiger charge is 2.17. The van der Waals surface area contributed by atoms with E-state index in [4.69, 9.17) is 11.6 Å². The van der Waals surface area contributed by atoms with Crippen molar-refractivity contribution >= 4 is 11.6 Å². The predicted molar refractivity (Wildman–Crippen MR) is 73.3 cm³/mol. The molecule has 20 heavy (non-hydrogen) atoms.